The van der Waals surface area contributed by atoms with E-state index in [4.69, 9.17) is 5.10 Å². The second-order valence-corrected chi connectivity index (χ2v) is 10.4. The van der Waals surface area contributed by atoms with Gasteiger partial charge >= 0.3 is 6.18 Å². The summed E-state index contributed by atoms with van der Waals surface area (Å²) in [6.07, 6.45) is -4.59. The number of rotatable bonds is 5. The molecule has 1 aliphatic heterocycles. The third kappa shape index (κ3) is 4.49. The number of para-hydroxylation sites is 1. The summed E-state index contributed by atoms with van der Waals surface area (Å²) in [5.41, 5.74) is 1.19. The molecule has 3 heterocycles. The van der Waals surface area contributed by atoms with E-state index in [0.29, 0.717) is 18.1 Å². The number of carbonyl (C=O) groups is 2. The van der Waals surface area contributed by atoms with E-state index in [9.17, 15) is 22.8 Å². The van der Waals surface area contributed by atoms with Crippen molar-refractivity contribution in [1.29, 1.82) is 0 Å². The Hall–Kier alpha value is -3.92. The monoisotopic (exact) mass is 538 g/mol. The van der Waals surface area contributed by atoms with Crippen LogP contribution >= 0.6 is 11.3 Å². The van der Waals surface area contributed by atoms with Crippen LogP contribution in [0, 0.1) is 13.8 Å². The molecule has 1 N–H and O–H groups in total. The van der Waals surface area contributed by atoms with Gasteiger partial charge in [0.1, 0.15) is 11.9 Å². The van der Waals surface area contributed by atoms with Crippen molar-refractivity contribution in [3.05, 3.63) is 98.9 Å². The van der Waals surface area contributed by atoms with Crippen molar-refractivity contribution < 1.29 is 22.8 Å². The molecule has 5 rings (SSSR count). The number of aromatic nitrogens is 2. The van der Waals surface area contributed by atoms with Crippen LogP contribution in [0.2, 0.25) is 0 Å². The summed E-state index contributed by atoms with van der Waals surface area (Å²) in [6.45, 7) is 5.96. The zero-order chi connectivity index (χ0) is 27.2. The lowest BCUT2D eigenvalue weighted by molar-refractivity contribution is -0.137. The van der Waals surface area contributed by atoms with Crippen molar-refractivity contribution in [3.8, 4) is 5.69 Å². The maximum atomic E-state index is 14.0. The number of benzene rings is 2. The number of halogens is 3. The SMILES string of the molecule is CCN1C(=O)[C@@H](NC(=O)c2cccc(C(F)(F)F)c2)[C@@H](c2ccc(C)s2)c2c(C)nn(-c3ccccc3)c21. The molecule has 0 unspecified atom stereocenters. The Kier molecular flexibility index (Phi) is 6.60. The van der Waals surface area contributed by atoms with Crippen molar-refractivity contribution in [2.45, 2.75) is 38.9 Å². The second kappa shape index (κ2) is 9.75. The Bertz CT molecular complexity index is 1510. The summed E-state index contributed by atoms with van der Waals surface area (Å²) in [5.74, 6) is -1.04. The van der Waals surface area contributed by atoms with Crippen LogP contribution in [0.1, 0.15) is 49.8 Å². The van der Waals surface area contributed by atoms with Crippen LogP contribution in [-0.2, 0) is 11.0 Å². The third-order valence-corrected chi connectivity index (χ3v) is 7.72. The highest BCUT2D eigenvalue weighted by Gasteiger charge is 2.46. The Labute approximate surface area is 221 Å². The Morgan fingerprint density at radius 2 is 1.79 bits per heavy atom. The Morgan fingerprint density at radius 1 is 1.05 bits per heavy atom. The van der Waals surface area contributed by atoms with Gasteiger partial charge in [-0.2, -0.15) is 18.3 Å². The first-order valence-corrected chi connectivity index (χ1v) is 12.9. The molecule has 2 atom stereocenters. The minimum absolute atomic E-state index is 0.167. The summed E-state index contributed by atoms with van der Waals surface area (Å²) in [4.78, 5) is 30.7. The summed E-state index contributed by atoms with van der Waals surface area (Å²) in [5, 5.41) is 7.55. The Morgan fingerprint density at radius 3 is 2.42 bits per heavy atom. The van der Waals surface area contributed by atoms with Gasteiger partial charge in [-0.1, -0.05) is 24.3 Å². The molecule has 4 aromatic rings. The lowest BCUT2D eigenvalue weighted by atomic mass is 9.85. The number of aryl methyl sites for hydroxylation is 2. The largest absolute Gasteiger partial charge is 0.416 e. The number of nitrogens with one attached hydrogen (secondary N) is 1. The van der Waals surface area contributed by atoms with Crippen molar-refractivity contribution in [1.82, 2.24) is 15.1 Å². The maximum Gasteiger partial charge on any atom is 0.416 e. The molecule has 196 valence electrons. The summed E-state index contributed by atoms with van der Waals surface area (Å²) in [7, 11) is 0. The summed E-state index contributed by atoms with van der Waals surface area (Å²) in [6, 6.07) is 16.5. The fourth-order valence-electron chi connectivity index (χ4n) is 4.92. The molecule has 6 nitrogen and oxygen atoms in total. The van der Waals surface area contributed by atoms with Gasteiger partial charge in [0.25, 0.3) is 11.8 Å². The van der Waals surface area contributed by atoms with Gasteiger partial charge in [0.15, 0.2) is 0 Å². The molecule has 0 saturated heterocycles. The van der Waals surface area contributed by atoms with Gasteiger partial charge in [0.2, 0.25) is 0 Å². The van der Waals surface area contributed by atoms with Crippen LogP contribution in [0.25, 0.3) is 5.69 Å². The first-order chi connectivity index (χ1) is 18.1. The van der Waals surface area contributed by atoms with E-state index < -0.39 is 29.6 Å². The number of anilines is 1. The van der Waals surface area contributed by atoms with Gasteiger partial charge in [-0.05, 0) is 63.2 Å². The molecule has 1 aliphatic rings. The average Bonchev–Trinajstić information content (AvgIpc) is 3.48. The van der Waals surface area contributed by atoms with Gasteiger partial charge in [-0.25, -0.2) is 4.68 Å². The molecule has 0 spiro atoms. The molecule has 2 aromatic carbocycles. The molecule has 2 amide bonds. The molecular weight excluding hydrogens is 513 g/mol. The van der Waals surface area contributed by atoms with Gasteiger partial charge in [0.05, 0.1) is 22.9 Å². The molecular formula is C28H25F3N4O2S. The minimum atomic E-state index is -4.59. The van der Waals surface area contributed by atoms with E-state index in [1.165, 1.54) is 23.5 Å². The number of thiophene rings is 1. The quantitative estimate of drug-likeness (QED) is 0.346. The van der Waals surface area contributed by atoms with Crippen LogP contribution in [0.5, 0.6) is 0 Å². The zero-order valence-electron chi connectivity index (χ0n) is 20.9. The normalized spacial score (nSPS) is 17.4. The number of fused-ring (bicyclic) bond motifs is 1. The molecule has 0 bridgehead atoms. The number of hydrogen-bond donors (Lipinski definition) is 1. The minimum Gasteiger partial charge on any atom is -0.339 e. The first-order valence-electron chi connectivity index (χ1n) is 12.1. The fourth-order valence-corrected chi connectivity index (χ4v) is 5.95. The van der Waals surface area contributed by atoms with Crippen LogP contribution in [0.4, 0.5) is 19.0 Å². The van der Waals surface area contributed by atoms with Crippen LogP contribution < -0.4 is 10.2 Å². The molecule has 38 heavy (non-hydrogen) atoms. The summed E-state index contributed by atoms with van der Waals surface area (Å²) >= 11 is 1.51. The maximum absolute atomic E-state index is 14.0. The number of amides is 2. The van der Waals surface area contributed by atoms with Gasteiger partial charge in [-0.15, -0.1) is 11.3 Å². The van der Waals surface area contributed by atoms with Gasteiger partial charge in [-0.3, -0.25) is 14.5 Å². The van der Waals surface area contributed by atoms with E-state index in [-0.39, 0.29) is 11.5 Å². The predicted octanol–water partition coefficient (Wildman–Crippen LogP) is 5.87. The van der Waals surface area contributed by atoms with E-state index >= 15 is 0 Å². The van der Waals surface area contributed by atoms with E-state index in [0.717, 1.165) is 33.1 Å². The first kappa shape index (κ1) is 25.7. The number of likely N-dealkylation sites (N-methyl/N-ethyl adjacent to an activating group) is 1. The zero-order valence-corrected chi connectivity index (χ0v) is 21.7. The average molecular weight is 539 g/mol. The topological polar surface area (TPSA) is 67.2 Å². The lowest BCUT2D eigenvalue weighted by Crippen LogP contribution is -2.55. The van der Waals surface area contributed by atoms with Crippen LogP contribution in [0.3, 0.4) is 0 Å². The van der Waals surface area contributed by atoms with Crippen molar-refractivity contribution >= 4 is 29.0 Å². The lowest BCUT2D eigenvalue weighted by Gasteiger charge is -2.38. The Balaban J connectivity index is 1.64. The van der Waals surface area contributed by atoms with Crippen LogP contribution in [-0.4, -0.2) is 34.2 Å². The van der Waals surface area contributed by atoms with E-state index in [1.807, 2.05) is 63.2 Å². The van der Waals surface area contributed by atoms with E-state index in [1.54, 1.807) is 9.58 Å². The van der Waals surface area contributed by atoms with Crippen molar-refractivity contribution in [2.24, 2.45) is 0 Å². The third-order valence-electron chi connectivity index (χ3n) is 6.64. The fraction of sp³-hybridized carbons (Fsp3) is 0.250. The highest BCUT2D eigenvalue weighted by Crippen LogP contribution is 2.45. The van der Waals surface area contributed by atoms with Gasteiger partial charge in [0, 0.05) is 27.4 Å². The molecule has 0 saturated carbocycles. The number of alkyl halides is 3. The molecule has 0 radical (unpaired) electrons. The van der Waals surface area contributed by atoms with Crippen molar-refractivity contribution in [3.63, 3.8) is 0 Å². The standard InChI is InChI=1S/C28H25F3N4O2S/c1-4-34-26-22(17(3)33-35(26)20-11-6-5-7-12-20)23(21-14-13-16(2)38-21)24(27(34)37)32-25(36)18-9-8-10-19(15-18)28(29,30)31/h5-15,23-24H,4H2,1-3H3,(H,32,36)/t23-,24-/m0/s1. The number of carbonyl (C=O) groups excluding carboxylic acids is 2. The van der Waals surface area contributed by atoms with Crippen LogP contribution in [0.15, 0.2) is 66.7 Å². The number of hydrogen-bond acceptors (Lipinski definition) is 4. The summed E-state index contributed by atoms with van der Waals surface area (Å²) < 4.78 is 41.6. The smallest absolute Gasteiger partial charge is 0.339 e. The predicted molar refractivity (Wildman–Crippen MR) is 140 cm³/mol. The highest BCUT2D eigenvalue weighted by molar-refractivity contribution is 7.12. The molecule has 10 heteroatoms. The van der Waals surface area contributed by atoms with Crippen molar-refractivity contribution in [2.75, 3.05) is 11.4 Å². The molecule has 2 aromatic heterocycles. The van der Waals surface area contributed by atoms with E-state index in [2.05, 4.69) is 5.32 Å². The highest BCUT2D eigenvalue weighted by atomic mass is 32.1. The molecule has 0 aliphatic carbocycles. The molecule has 0 fully saturated rings. The second-order valence-electron chi connectivity index (χ2n) is 9.11. The van der Waals surface area contributed by atoms with Gasteiger partial charge < -0.3 is 5.32 Å². The number of nitrogens with zero attached hydrogens (tertiary/aromatic N) is 3.